The summed E-state index contributed by atoms with van der Waals surface area (Å²) in [5.41, 5.74) is 0. The standard InChI is InChI=1S/3C6H6O2.2La/c3*7-5-3-1-2-4-6(5)8;;/h3*1-4,7-8H;;. The first kappa shape index (κ1) is 27.1. The molecule has 6 N–H and O–H groups in total. The van der Waals surface area contributed by atoms with E-state index in [1.807, 2.05) is 0 Å². The van der Waals surface area contributed by atoms with Crippen LogP contribution in [-0.4, -0.2) is 30.6 Å². The second-order valence-electron chi connectivity index (χ2n) is 4.47. The quantitative estimate of drug-likeness (QED) is 0.218. The van der Waals surface area contributed by atoms with E-state index in [9.17, 15) is 0 Å². The van der Waals surface area contributed by atoms with Crippen LogP contribution >= 0.6 is 0 Å². The molecule has 0 aliphatic carbocycles. The number of para-hydroxylation sites is 6. The first-order valence-corrected chi connectivity index (χ1v) is 6.82. The Bertz CT molecular complexity index is 602. The first-order chi connectivity index (χ1) is 11.4. The minimum absolute atomic E-state index is 0. The van der Waals surface area contributed by atoms with Gasteiger partial charge in [0.25, 0.3) is 0 Å². The molecule has 2 radical (unpaired) electrons. The number of aromatic hydroxyl groups is 6. The van der Waals surface area contributed by atoms with Crippen LogP contribution in [0, 0.1) is 71.2 Å². The zero-order valence-electron chi connectivity index (χ0n) is 13.8. The fourth-order valence-electron chi connectivity index (χ4n) is 1.39. The Labute approximate surface area is 207 Å². The Kier molecular flexibility index (Phi) is 15.6. The van der Waals surface area contributed by atoms with E-state index >= 15 is 0 Å². The summed E-state index contributed by atoms with van der Waals surface area (Å²) in [6, 6.07) is 18.4. The molecule has 0 aliphatic heterocycles. The van der Waals surface area contributed by atoms with E-state index in [4.69, 9.17) is 30.6 Å². The Morgan fingerprint density at radius 3 is 0.500 bits per heavy atom. The van der Waals surface area contributed by atoms with Crippen LogP contribution in [0.2, 0.25) is 0 Å². The molecule has 0 aromatic heterocycles. The maximum atomic E-state index is 8.67. The van der Waals surface area contributed by atoms with Crippen LogP contribution < -0.4 is 0 Å². The normalized spacial score (nSPS) is 8.31. The minimum atomic E-state index is -0.0764. The Morgan fingerprint density at radius 2 is 0.423 bits per heavy atom. The molecular weight excluding hydrogens is 590 g/mol. The molecular formula is C18H18La2O6. The van der Waals surface area contributed by atoms with E-state index in [2.05, 4.69) is 0 Å². The van der Waals surface area contributed by atoms with Gasteiger partial charge in [0.05, 0.1) is 0 Å². The molecule has 0 unspecified atom stereocenters. The van der Waals surface area contributed by atoms with Gasteiger partial charge < -0.3 is 30.6 Å². The van der Waals surface area contributed by atoms with Crippen molar-refractivity contribution in [3.63, 3.8) is 0 Å². The van der Waals surface area contributed by atoms with Gasteiger partial charge in [-0.1, -0.05) is 36.4 Å². The molecule has 0 heterocycles. The average molecular weight is 608 g/mol. The van der Waals surface area contributed by atoms with Gasteiger partial charge in [-0.05, 0) is 36.4 Å². The van der Waals surface area contributed by atoms with Gasteiger partial charge in [0.1, 0.15) is 0 Å². The summed E-state index contributed by atoms with van der Waals surface area (Å²) >= 11 is 0. The van der Waals surface area contributed by atoms with E-state index in [0.717, 1.165) is 0 Å². The maximum absolute atomic E-state index is 8.67. The molecule has 3 aromatic rings. The van der Waals surface area contributed by atoms with Crippen molar-refractivity contribution in [2.75, 3.05) is 0 Å². The number of phenolic OH excluding ortho intramolecular Hbond substituents is 6. The van der Waals surface area contributed by atoms with Gasteiger partial charge in [-0.15, -0.1) is 0 Å². The maximum Gasteiger partial charge on any atom is 0.157 e. The molecule has 8 heteroatoms. The van der Waals surface area contributed by atoms with Gasteiger partial charge in [-0.2, -0.15) is 0 Å². The monoisotopic (exact) mass is 608 g/mol. The predicted octanol–water partition coefficient (Wildman–Crippen LogP) is 3.29. The first-order valence-electron chi connectivity index (χ1n) is 6.82. The molecule has 0 amide bonds. The van der Waals surface area contributed by atoms with Gasteiger partial charge in [-0.3, -0.25) is 0 Å². The van der Waals surface area contributed by atoms with Crippen molar-refractivity contribution in [2.24, 2.45) is 0 Å². The summed E-state index contributed by atoms with van der Waals surface area (Å²) in [5.74, 6) is -0.458. The molecule has 0 atom stereocenters. The van der Waals surface area contributed by atoms with Gasteiger partial charge >= 0.3 is 0 Å². The molecule has 0 bridgehead atoms. The van der Waals surface area contributed by atoms with E-state index in [0.29, 0.717) is 0 Å². The van der Waals surface area contributed by atoms with Gasteiger partial charge in [0.2, 0.25) is 0 Å². The number of benzene rings is 3. The Balaban J connectivity index is 0. The van der Waals surface area contributed by atoms with Crippen LogP contribution in [0.3, 0.4) is 0 Å². The number of hydrogen-bond acceptors (Lipinski definition) is 6. The summed E-state index contributed by atoms with van der Waals surface area (Å²) in [7, 11) is 0. The SMILES string of the molecule is Oc1ccccc1O.Oc1ccccc1O.Oc1ccccc1O.[La].[La]. The third-order valence-electron chi connectivity index (χ3n) is 2.65. The van der Waals surface area contributed by atoms with Crippen LogP contribution in [0.4, 0.5) is 0 Å². The zero-order valence-corrected chi connectivity index (χ0v) is 21.0. The van der Waals surface area contributed by atoms with Gasteiger partial charge in [0.15, 0.2) is 34.5 Å². The molecule has 132 valence electrons. The molecule has 3 rings (SSSR count). The Hall–Kier alpha value is -1.15. The van der Waals surface area contributed by atoms with Crippen LogP contribution in [0.25, 0.3) is 0 Å². The summed E-state index contributed by atoms with van der Waals surface area (Å²) in [4.78, 5) is 0. The molecule has 3 aromatic carbocycles. The number of hydrogen-bond donors (Lipinski definition) is 6. The largest absolute Gasteiger partial charge is 0.504 e. The van der Waals surface area contributed by atoms with Crippen molar-refractivity contribution < 1.29 is 102 Å². The second-order valence-corrected chi connectivity index (χ2v) is 4.47. The van der Waals surface area contributed by atoms with Crippen molar-refractivity contribution in [1.82, 2.24) is 0 Å². The van der Waals surface area contributed by atoms with E-state index in [-0.39, 0.29) is 106 Å². The van der Waals surface area contributed by atoms with Gasteiger partial charge in [-0.25, -0.2) is 0 Å². The van der Waals surface area contributed by atoms with Crippen molar-refractivity contribution in [3.05, 3.63) is 72.8 Å². The molecule has 0 saturated heterocycles. The third-order valence-corrected chi connectivity index (χ3v) is 2.65. The summed E-state index contributed by atoms with van der Waals surface area (Å²) < 4.78 is 0. The molecule has 0 spiro atoms. The molecule has 0 fully saturated rings. The fourth-order valence-corrected chi connectivity index (χ4v) is 1.39. The number of phenols is 6. The van der Waals surface area contributed by atoms with Crippen molar-refractivity contribution in [1.29, 1.82) is 0 Å². The summed E-state index contributed by atoms with van der Waals surface area (Å²) in [6.45, 7) is 0. The number of rotatable bonds is 0. The van der Waals surface area contributed by atoms with Crippen LogP contribution in [0.1, 0.15) is 0 Å². The van der Waals surface area contributed by atoms with E-state index in [1.54, 1.807) is 36.4 Å². The van der Waals surface area contributed by atoms with Crippen LogP contribution in [0.5, 0.6) is 34.5 Å². The van der Waals surface area contributed by atoms with Crippen molar-refractivity contribution >= 4 is 0 Å². The average Bonchev–Trinajstić information content (AvgIpc) is 2.57. The van der Waals surface area contributed by atoms with E-state index in [1.165, 1.54) is 36.4 Å². The van der Waals surface area contributed by atoms with Crippen LogP contribution in [-0.2, 0) is 0 Å². The molecule has 0 aliphatic rings. The summed E-state index contributed by atoms with van der Waals surface area (Å²) in [5, 5.41) is 52.0. The van der Waals surface area contributed by atoms with Crippen molar-refractivity contribution in [2.45, 2.75) is 0 Å². The predicted molar refractivity (Wildman–Crippen MR) is 89.3 cm³/mol. The Morgan fingerprint density at radius 1 is 0.308 bits per heavy atom. The smallest absolute Gasteiger partial charge is 0.157 e. The topological polar surface area (TPSA) is 121 Å². The summed E-state index contributed by atoms with van der Waals surface area (Å²) in [6.07, 6.45) is 0. The van der Waals surface area contributed by atoms with E-state index < -0.39 is 0 Å². The minimum Gasteiger partial charge on any atom is -0.504 e. The molecule has 6 nitrogen and oxygen atoms in total. The molecule has 0 saturated carbocycles. The molecule has 26 heavy (non-hydrogen) atoms. The van der Waals surface area contributed by atoms with Gasteiger partial charge in [0, 0.05) is 71.2 Å². The fraction of sp³-hybridized carbons (Fsp3) is 0. The van der Waals surface area contributed by atoms with Crippen molar-refractivity contribution in [3.8, 4) is 34.5 Å². The van der Waals surface area contributed by atoms with Crippen LogP contribution in [0.15, 0.2) is 72.8 Å². The zero-order chi connectivity index (χ0) is 17.9. The third kappa shape index (κ3) is 10.8. The second kappa shape index (κ2) is 15.0.